The van der Waals surface area contributed by atoms with Crippen LogP contribution < -0.4 is 11.1 Å². The van der Waals surface area contributed by atoms with Crippen LogP contribution in [-0.4, -0.2) is 4.99 Å². The van der Waals surface area contributed by atoms with Crippen LogP contribution in [0.5, 0.6) is 0 Å². The van der Waals surface area contributed by atoms with Gasteiger partial charge >= 0.3 is 0 Å². The second-order valence-corrected chi connectivity index (χ2v) is 4.56. The van der Waals surface area contributed by atoms with Gasteiger partial charge in [0, 0.05) is 11.3 Å². The predicted octanol–water partition coefficient (Wildman–Crippen LogP) is 3.65. The zero-order valence-electron chi connectivity index (χ0n) is 10.2. The van der Waals surface area contributed by atoms with Crippen LogP contribution >= 0.6 is 12.2 Å². The molecule has 0 aliphatic carbocycles. The molecule has 0 aliphatic rings. The molecule has 2 rings (SSSR count). The highest BCUT2D eigenvalue weighted by atomic mass is 32.1. The molecule has 0 spiro atoms. The Morgan fingerprint density at radius 2 is 1.79 bits per heavy atom. The van der Waals surface area contributed by atoms with Gasteiger partial charge < -0.3 is 11.1 Å². The van der Waals surface area contributed by atoms with Gasteiger partial charge in [-0.2, -0.15) is 0 Å². The minimum absolute atomic E-state index is 0.173. The van der Waals surface area contributed by atoms with Gasteiger partial charge in [-0.15, -0.1) is 0 Å². The van der Waals surface area contributed by atoms with Crippen molar-refractivity contribution in [2.24, 2.45) is 5.73 Å². The van der Waals surface area contributed by atoms with E-state index < -0.39 is 11.6 Å². The largest absolute Gasteiger partial charge is 0.389 e. The van der Waals surface area contributed by atoms with Crippen molar-refractivity contribution in [3.8, 4) is 0 Å². The van der Waals surface area contributed by atoms with Crippen LogP contribution in [0, 0.1) is 18.6 Å². The maximum atomic E-state index is 13.5. The number of benzene rings is 2. The topological polar surface area (TPSA) is 38.0 Å². The van der Waals surface area contributed by atoms with E-state index in [1.807, 2.05) is 6.92 Å². The summed E-state index contributed by atoms with van der Waals surface area (Å²) in [5.41, 5.74) is 7.47. The number of hydrogen-bond acceptors (Lipinski definition) is 2. The molecule has 0 aromatic heterocycles. The molecule has 5 heteroatoms. The lowest BCUT2D eigenvalue weighted by Gasteiger charge is -2.12. The van der Waals surface area contributed by atoms with E-state index in [1.165, 1.54) is 18.2 Å². The highest BCUT2D eigenvalue weighted by Crippen LogP contribution is 2.25. The third kappa shape index (κ3) is 2.88. The van der Waals surface area contributed by atoms with Crippen molar-refractivity contribution in [2.45, 2.75) is 6.92 Å². The van der Waals surface area contributed by atoms with Crippen LogP contribution in [0.4, 0.5) is 20.2 Å². The molecular formula is C14H12F2N2S. The number of hydrogen-bond donors (Lipinski definition) is 2. The lowest BCUT2D eigenvalue weighted by Crippen LogP contribution is -2.09. The summed E-state index contributed by atoms with van der Waals surface area (Å²) < 4.78 is 27.1. The van der Waals surface area contributed by atoms with E-state index in [-0.39, 0.29) is 10.7 Å². The molecule has 0 amide bonds. The Morgan fingerprint density at radius 3 is 2.32 bits per heavy atom. The number of halogens is 2. The van der Waals surface area contributed by atoms with Crippen LogP contribution in [0.1, 0.15) is 11.1 Å². The average Bonchev–Trinajstić information content (AvgIpc) is 2.35. The van der Waals surface area contributed by atoms with Gasteiger partial charge in [0.2, 0.25) is 0 Å². The summed E-state index contributed by atoms with van der Waals surface area (Å²) in [7, 11) is 0. The minimum Gasteiger partial charge on any atom is -0.389 e. The number of nitrogens with two attached hydrogens (primary N) is 1. The Morgan fingerprint density at radius 1 is 1.16 bits per heavy atom. The van der Waals surface area contributed by atoms with Gasteiger partial charge in [-0.3, -0.25) is 0 Å². The molecule has 0 fully saturated rings. The summed E-state index contributed by atoms with van der Waals surface area (Å²) in [4.78, 5) is 0.284. The van der Waals surface area contributed by atoms with E-state index in [0.29, 0.717) is 11.3 Å². The van der Waals surface area contributed by atoms with Gasteiger partial charge in [0.05, 0.1) is 0 Å². The van der Waals surface area contributed by atoms with Gasteiger partial charge in [0.25, 0.3) is 0 Å². The molecule has 0 atom stereocenters. The monoisotopic (exact) mass is 278 g/mol. The summed E-state index contributed by atoms with van der Waals surface area (Å²) in [6.07, 6.45) is 0. The first-order valence-corrected chi connectivity index (χ1v) is 6.01. The fourth-order valence-corrected chi connectivity index (χ4v) is 1.84. The van der Waals surface area contributed by atoms with Gasteiger partial charge in [-0.1, -0.05) is 18.3 Å². The third-order valence-corrected chi connectivity index (χ3v) is 2.97. The van der Waals surface area contributed by atoms with Gasteiger partial charge in [-0.05, 0) is 42.8 Å². The quantitative estimate of drug-likeness (QED) is 0.842. The van der Waals surface area contributed by atoms with Crippen molar-refractivity contribution >= 4 is 28.6 Å². The molecule has 0 heterocycles. The maximum absolute atomic E-state index is 13.5. The Kier molecular flexibility index (Phi) is 3.76. The third-order valence-electron chi connectivity index (χ3n) is 2.73. The van der Waals surface area contributed by atoms with Gasteiger partial charge in [0.1, 0.15) is 22.3 Å². The second kappa shape index (κ2) is 5.32. The van der Waals surface area contributed by atoms with Crippen molar-refractivity contribution in [3.05, 3.63) is 59.2 Å². The molecule has 0 unspecified atom stereocenters. The fraction of sp³-hybridized carbons (Fsp3) is 0.0714. The van der Waals surface area contributed by atoms with E-state index in [1.54, 1.807) is 18.2 Å². The molecule has 0 saturated heterocycles. The summed E-state index contributed by atoms with van der Waals surface area (Å²) >= 11 is 4.87. The molecular weight excluding hydrogens is 266 g/mol. The SMILES string of the molecule is Cc1cc(C(N)=S)ccc1Nc1c(F)cccc1F. The molecule has 0 radical (unpaired) electrons. The van der Waals surface area contributed by atoms with Crippen molar-refractivity contribution in [1.82, 2.24) is 0 Å². The Hall–Kier alpha value is -2.01. The minimum atomic E-state index is -0.641. The van der Waals surface area contributed by atoms with Crippen molar-refractivity contribution in [1.29, 1.82) is 0 Å². The van der Waals surface area contributed by atoms with Crippen molar-refractivity contribution in [3.63, 3.8) is 0 Å². The average molecular weight is 278 g/mol. The Labute approximate surface area is 115 Å². The molecule has 0 aliphatic heterocycles. The number of anilines is 2. The molecule has 98 valence electrons. The number of aryl methyl sites for hydroxylation is 1. The van der Waals surface area contributed by atoms with E-state index >= 15 is 0 Å². The van der Waals surface area contributed by atoms with Gasteiger partial charge in [0.15, 0.2) is 0 Å². The zero-order valence-corrected chi connectivity index (χ0v) is 11.0. The summed E-state index contributed by atoms with van der Waals surface area (Å²) in [5, 5.41) is 2.74. The van der Waals surface area contributed by atoms with E-state index in [9.17, 15) is 8.78 Å². The van der Waals surface area contributed by atoms with Gasteiger partial charge in [-0.25, -0.2) is 8.78 Å². The van der Waals surface area contributed by atoms with E-state index in [4.69, 9.17) is 18.0 Å². The summed E-state index contributed by atoms with van der Waals surface area (Å²) in [6.45, 7) is 1.81. The lowest BCUT2D eigenvalue weighted by atomic mass is 10.1. The number of nitrogens with one attached hydrogen (secondary N) is 1. The van der Waals surface area contributed by atoms with E-state index in [2.05, 4.69) is 5.32 Å². The normalized spacial score (nSPS) is 10.3. The van der Waals surface area contributed by atoms with Crippen molar-refractivity contribution in [2.75, 3.05) is 5.32 Å². The van der Waals surface area contributed by atoms with Crippen molar-refractivity contribution < 1.29 is 8.78 Å². The fourth-order valence-electron chi connectivity index (χ4n) is 1.71. The first-order chi connectivity index (χ1) is 8.99. The van der Waals surface area contributed by atoms with Crippen LogP contribution in [0.25, 0.3) is 0 Å². The zero-order chi connectivity index (χ0) is 14.0. The predicted molar refractivity (Wildman–Crippen MR) is 76.7 cm³/mol. The van der Waals surface area contributed by atoms with Crippen LogP contribution in [0.3, 0.4) is 0 Å². The van der Waals surface area contributed by atoms with Crippen LogP contribution in [0.2, 0.25) is 0 Å². The molecule has 19 heavy (non-hydrogen) atoms. The molecule has 2 nitrogen and oxygen atoms in total. The standard InChI is InChI=1S/C14H12F2N2S/c1-8-7-9(14(17)19)5-6-12(8)18-13-10(15)3-2-4-11(13)16/h2-7,18H,1H3,(H2,17,19). The number of para-hydroxylation sites is 1. The Balaban J connectivity index is 2.36. The summed E-state index contributed by atoms with van der Waals surface area (Å²) in [5.74, 6) is -1.28. The van der Waals surface area contributed by atoms with Crippen LogP contribution in [-0.2, 0) is 0 Å². The lowest BCUT2D eigenvalue weighted by molar-refractivity contribution is 0.591. The molecule has 2 aromatic carbocycles. The second-order valence-electron chi connectivity index (χ2n) is 4.12. The molecule has 2 aromatic rings. The smallest absolute Gasteiger partial charge is 0.149 e. The highest BCUT2D eigenvalue weighted by Gasteiger charge is 2.10. The van der Waals surface area contributed by atoms with Crippen LogP contribution in [0.15, 0.2) is 36.4 Å². The van der Waals surface area contributed by atoms with E-state index in [0.717, 1.165) is 5.56 Å². The first-order valence-electron chi connectivity index (χ1n) is 5.60. The number of thiocarbonyl (C=S) groups is 1. The maximum Gasteiger partial charge on any atom is 0.149 e. The number of rotatable bonds is 3. The molecule has 0 saturated carbocycles. The summed E-state index contributed by atoms with van der Waals surface area (Å²) in [6, 6.07) is 8.88. The molecule has 3 N–H and O–H groups in total. The highest BCUT2D eigenvalue weighted by molar-refractivity contribution is 7.80. The molecule has 0 bridgehead atoms. The Bertz CT molecular complexity index is 621. The first kappa shape index (κ1) is 13.4.